The lowest BCUT2D eigenvalue weighted by atomic mass is 10.2. The van der Waals surface area contributed by atoms with Crippen LogP contribution in [0.15, 0.2) is 0 Å². The summed E-state index contributed by atoms with van der Waals surface area (Å²) in [7, 11) is -13.4. The van der Waals surface area contributed by atoms with Gasteiger partial charge in [-0.3, -0.25) is 0 Å². The molecule has 0 atom stereocenters. The van der Waals surface area contributed by atoms with E-state index in [9.17, 15) is 43.2 Å². The number of alkyl halides is 6. The largest absolute Gasteiger partial charge is 0.480 e. The molecule has 0 aromatic carbocycles. The number of hydrogen-bond donors (Lipinski definition) is 1. The van der Waals surface area contributed by atoms with Crippen molar-refractivity contribution in [3.8, 4) is 0 Å². The van der Waals surface area contributed by atoms with Crippen LogP contribution in [0.1, 0.15) is 33.1 Å². The molecule has 0 aromatic rings. The fraction of sp³-hybridized carbons (Fsp3) is 1.00. The normalized spacial score (nSPS) is 13.4. The zero-order chi connectivity index (χ0) is 18.9. The maximum atomic E-state index is 11.4. The van der Waals surface area contributed by atoms with E-state index >= 15 is 0 Å². The third-order valence-corrected chi connectivity index (χ3v) is 4.82. The fourth-order valence-corrected chi connectivity index (χ4v) is 2.67. The van der Waals surface area contributed by atoms with Gasteiger partial charge in [-0.05, 0) is 19.8 Å². The summed E-state index contributed by atoms with van der Waals surface area (Å²) in [5, 5.41) is 2.36. The summed E-state index contributed by atoms with van der Waals surface area (Å²) in [5.41, 5.74) is -12.4. The van der Waals surface area contributed by atoms with Crippen molar-refractivity contribution in [2.75, 3.05) is 13.1 Å². The summed E-state index contributed by atoms with van der Waals surface area (Å²) in [4.78, 5) is 0. The third-order valence-electron chi connectivity index (χ3n) is 2.08. The van der Waals surface area contributed by atoms with Crippen LogP contribution in [0.2, 0.25) is 0 Å². The van der Waals surface area contributed by atoms with Gasteiger partial charge in [0, 0.05) is 0 Å². The quantitative estimate of drug-likeness (QED) is 0.524. The molecule has 0 amide bonds. The van der Waals surface area contributed by atoms with Crippen LogP contribution >= 0.6 is 0 Å². The Morgan fingerprint density at radius 3 is 1.48 bits per heavy atom. The molecule has 0 aromatic heterocycles. The summed E-state index contributed by atoms with van der Waals surface area (Å²) in [6.07, 6.45) is 4.14. The van der Waals surface area contributed by atoms with Crippen molar-refractivity contribution < 1.29 is 48.5 Å². The Balaban J connectivity index is 0. The van der Waals surface area contributed by atoms with Crippen LogP contribution in [0.5, 0.6) is 0 Å². The Bertz CT molecular complexity index is 479. The summed E-state index contributed by atoms with van der Waals surface area (Å²) in [6, 6.07) is 0. The smallest absolute Gasteiger partial charge is 0.421 e. The van der Waals surface area contributed by atoms with E-state index in [2.05, 4.69) is 19.2 Å². The van der Waals surface area contributed by atoms with Gasteiger partial charge in [-0.15, -0.1) is 0 Å². The summed E-state index contributed by atoms with van der Waals surface area (Å²) >= 11 is 0. The van der Waals surface area contributed by atoms with Crippen molar-refractivity contribution in [2.45, 2.75) is 44.1 Å². The number of rotatable bonds is 7. The van der Waals surface area contributed by atoms with Crippen molar-refractivity contribution >= 4 is 20.0 Å². The zero-order valence-electron chi connectivity index (χ0n) is 12.3. The van der Waals surface area contributed by atoms with Crippen LogP contribution < -0.4 is 5.32 Å². The van der Waals surface area contributed by atoms with Crippen molar-refractivity contribution in [3.05, 3.63) is 4.13 Å². The van der Waals surface area contributed by atoms with Gasteiger partial charge in [0.05, 0.1) is 13.1 Å². The Hall–Kier alpha value is -0.600. The molecule has 0 rings (SSSR count). The highest BCUT2D eigenvalue weighted by atomic mass is 32.3. The average Bonchev–Trinajstić information content (AvgIpc) is 2.31. The second-order valence-electron chi connectivity index (χ2n) is 4.11. The van der Waals surface area contributed by atoms with E-state index in [1.807, 2.05) is 0 Å². The molecule has 0 fully saturated rings. The SMILES string of the molecule is CCCCC[NH2+]CC.O=S(=O)([N-]S(=O)(=O)C(F)(F)F)C(F)(F)F. The highest BCUT2D eigenvalue weighted by Gasteiger charge is 2.46. The lowest BCUT2D eigenvalue weighted by molar-refractivity contribution is -0.652. The summed E-state index contributed by atoms with van der Waals surface area (Å²) in [6.45, 7) is 7.01. The Labute approximate surface area is 130 Å². The van der Waals surface area contributed by atoms with E-state index in [0.717, 1.165) is 4.13 Å². The van der Waals surface area contributed by atoms with Crippen LogP contribution in [0.3, 0.4) is 0 Å². The molecule has 0 bridgehead atoms. The van der Waals surface area contributed by atoms with Gasteiger partial charge < -0.3 is 9.44 Å². The topological polar surface area (TPSA) is 99.0 Å². The molecule has 14 heteroatoms. The van der Waals surface area contributed by atoms with Crippen molar-refractivity contribution in [1.29, 1.82) is 0 Å². The van der Waals surface area contributed by atoms with Gasteiger partial charge in [0.2, 0.25) is 0 Å². The van der Waals surface area contributed by atoms with Crippen LogP contribution in [0, 0.1) is 0 Å². The highest BCUT2D eigenvalue weighted by Crippen LogP contribution is 2.36. The molecule has 23 heavy (non-hydrogen) atoms. The number of nitrogens with zero attached hydrogens (tertiary/aromatic N) is 1. The molecule has 0 aliphatic carbocycles. The van der Waals surface area contributed by atoms with E-state index in [0.29, 0.717) is 0 Å². The minimum atomic E-state index is -6.72. The minimum absolute atomic E-state index is 0.778. The average molecular weight is 396 g/mol. The molecule has 0 aliphatic heterocycles. The third kappa shape index (κ3) is 9.99. The molecule has 0 spiro atoms. The molecular weight excluding hydrogens is 378 g/mol. The molecule has 0 heterocycles. The number of hydrogen-bond acceptors (Lipinski definition) is 4. The zero-order valence-corrected chi connectivity index (χ0v) is 13.9. The Kier molecular flexibility index (Phi) is 10.3. The number of halogens is 6. The maximum absolute atomic E-state index is 11.4. The Morgan fingerprint density at radius 2 is 1.22 bits per heavy atom. The number of nitrogens with two attached hydrogens (primary N) is 1. The van der Waals surface area contributed by atoms with Crippen molar-refractivity contribution in [3.63, 3.8) is 0 Å². The first-order valence-electron chi connectivity index (χ1n) is 6.30. The van der Waals surface area contributed by atoms with Crippen LogP contribution in [0.25, 0.3) is 4.13 Å². The number of sulfonamides is 2. The lowest BCUT2D eigenvalue weighted by Gasteiger charge is -2.22. The molecular formula is C9H18F6N2O4S2. The van der Waals surface area contributed by atoms with Crippen LogP contribution in [0.4, 0.5) is 26.3 Å². The minimum Gasteiger partial charge on any atom is -0.421 e. The number of quaternary nitrogens is 1. The molecule has 0 radical (unpaired) electrons. The monoisotopic (exact) mass is 396 g/mol. The summed E-state index contributed by atoms with van der Waals surface area (Å²) in [5.74, 6) is 0. The van der Waals surface area contributed by atoms with E-state index in [1.54, 1.807) is 0 Å². The second-order valence-corrected chi connectivity index (χ2v) is 7.53. The Morgan fingerprint density at radius 1 is 0.826 bits per heavy atom. The standard InChI is InChI=1S/C7H17N.C2F6NO4S2/c1-3-5-6-7-8-4-2;3-1(4,5)14(10,11)9-15(12,13)2(6,7)8/h8H,3-7H2,1-2H3;/q;-1/p+1. The predicted octanol–water partition coefficient (Wildman–Crippen LogP) is 1.82. The van der Waals surface area contributed by atoms with Gasteiger partial charge in [0.25, 0.3) is 0 Å². The van der Waals surface area contributed by atoms with E-state index in [-0.39, 0.29) is 0 Å². The van der Waals surface area contributed by atoms with Gasteiger partial charge in [0.1, 0.15) is 0 Å². The molecule has 0 saturated heterocycles. The van der Waals surface area contributed by atoms with Gasteiger partial charge >= 0.3 is 11.0 Å². The molecule has 2 N–H and O–H groups in total. The fourth-order valence-electron chi connectivity index (χ4n) is 0.956. The maximum Gasteiger partial charge on any atom is 0.480 e. The summed E-state index contributed by atoms with van der Waals surface area (Å²) < 4.78 is 109. The van der Waals surface area contributed by atoms with Gasteiger partial charge in [-0.25, -0.2) is 16.8 Å². The molecule has 0 aliphatic rings. The molecule has 0 saturated carbocycles. The van der Waals surface area contributed by atoms with Crippen LogP contribution in [-0.4, -0.2) is 40.9 Å². The van der Waals surface area contributed by atoms with E-state index in [1.165, 1.54) is 32.4 Å². The van der Waals surface area contributed by atoms with E-state index in [4.69, 9.17) is 0 Å². The van der Waals surface area contributed by atoms with Crippen molar-refractivity contribution in [1.82, 2.24) is 0 Å². The highest BCUT2D eigenvalue weighted by molar-refractivity contribution is 8.13. The van der Waals surface area contributed by atoms with Crippen molar-refractivity contribution in [2.24, 2.45) is 0 Å². The van der Waals surface area contributed by atoms with Gasteiger partial charge in [-0.2, -0.15) is 26.3 Å². The van der Waals surface area contributed by atoms with E-state index < -0.39 is 31.1 Å². The number of unbranched alkanes of at least 4 members (excludes halogenated alkanes) is 2. The molecule has 142 valence electrons. The van der Waals surface area contributed by atoms with Crippen LogP contribution in [-0.2, 0) is 20.0 Å². The van der Waals surface area contributed by atoms with Gasteiger partial charge in [0.15, 0.2) is 20.0 Å². The predicted molar refractivity (Wildman–Crippen MR) is 70.2 cm³/mol. The first kappa shape index (κ1) is 24.6. The first-order chi connectivity index (χ1) is 10.1. The second kappa shape index (κ2) is 9.64. The first-order valence-corrected chi connectivity index (χ1v) is 9.18. The van der Waals surface area contributed by atoms with Gasteiger partial charge in [-0.1, -0.05) is 13.3 Å². The molecule has 0 unspecified atom stereocenters. The molecule has 6 nitrogen and oxygen atoms in total. The lowest BCUT2D eigenvalue weighted by Crippen LogP contribution is -2.83.